The molecule has 0 spiro atoms. The fraction of sp³-hybridized carbons (Fsp3) is 0.533. The first-order valence-corrected chi connectivity index (χ1v) is 6.84. The number of morpholine rings is 1. The van der Waals surface area contributed by atoms with Gasteiger partial charge in [-0.1, -0.05) is 37.3 Å². The van der Waals surface area contributed by atoms with Gasteiger partial charge in [-0.3, -0.25) is 4.90 Å². The predicted molar refractivity (Wildman–Crippen MR) is 72.7 cm³/mol. The lowest BCUT2D eigenvalue weighted by molar-refractivity contribution is -0.163. The Morgan fingerprint density at radius 3 is 2.95 bits per heavy atom. The highest BCUT2D eigenvalue weighted by molar-refractivity contribution is 5.75. The molecule has 4 heteroatoms. The van der Waals surface area contributed by atoms with Crippen molar-refractivity contribution in [3.8, 4) is 0 Å². The summed E-state index contributed by atoms with van der Waals surface area (Å²) in [4.78, 5) is 14.0. The van der Waals surface area contributed by atoms with E-state index in [4.69, 9.17) is 9.47 Å². The van der Waals surface area contributed by atoms with Gasteiger partial charge in [0.25, 0.3) is 0 Å². The predicted octanol–water partition coefficient (Wildman–Crippen LogP) is 1.84. The lowest BCUT2D eigenvalue weighted by Gasteiger charge is -2.31. The molecule has 4 nitrogen and oxygen atoms in total. The van der Waals surface area contributed by atoms with Gasteiger partial charge in [-0.25, -0.2) is 4.79 Å². The van der Waals surface area contributed by atoms with Crippen LogP contribution in [-0.4, -0.2) is 43.3 Å². The summed E-state index contributed by atoms with van der Waals surface area (Å²) in [5.41, 5.74) is 1.25. The molecular weight excluding hydrogens is 242 g/mol. The van der Waals surface area contributed by atoms with E-state index < -0.39 is 6.10 Å². The molecule has 1 aliphatic rings. The van der Waals surface area contributed by atoms with E-state index in [0.717, 1.165) is 19.5 Å². The van der Waals surface area contributed by atoms with Gasteiger partial charge in [0.05, 0.1) is 13.2 Å². The summed E-state index contributed by atoms with van der Waals surface area (Å²) < 4.78 is 10.6. The summed E-state index contributed by atoms with van der Waals surface area (Å²) in [6.45, 7) is 5.35. The van der Waals surface area contributed by atoms with Crippen molar-refractivity contribution in [1.82, 2.24) is 4.90 Å². The molecule has 1 aromatic rings. The molecule has 104 valence electrons. The summed E-state index contributed by atoms with van der Waals surface area (Å²) in [7, 11) is 0. The van der Waals surface area contributed by atoms with Crippen LogP contribution in [0.15, 0.2) is 30.3 Å². The van der Waals surface area contributed by atoms with Crippen LogP contribution in [-0.2, 0) is 20.8 Å². The van der Waals surface area contributed by atoms with Crippen LogP contribution < -0.4 is 0 Å². The first-order chi connectivity index (χ1) is 9.29. The molecule has 0 N–H and O–H groups in total. The molecule has 19 heavy (non-hydrogen) atoms. The van der Waals surface area contributed by atoms with Gasteiger partial charge in [0, 0.05) is 19.6 Å². The Kier molecular flexibility index (Phi) is 5.36. The maximum Gasteiger partial charge on any atom is 0.336 e. The lowest BCUT2D eigenvalue weighted by Crippen LogP contribution is -2.46. The van der Waals surface area contributed by atoms with Crippen molar-refractivity contribution in [3.05, 3.63) is 35.9 Å². The van der Waals surface area contributed by atoms with E-state index >= 15 is 0 Å². The second kappa shape index (κ2) is 7.26. The second-order valence-corrected chi connectivity index (χ2v) is 4.75. The molecule has 1 atom stereocenters. The average molecular weight is 263 g/mol. The topological polar surface area (TPSA) is 38.8 Å². The molecule has 0 aliphatic carbocycles. The summed E-state index contributed by atoms with van der Waals surface area (Å²) >= 11 is 0. The zero-order valence-corrected chi connectivity index (χ0v) is 11.4. The molecule has 1 aromatic carbocycles. The molecular formula is C15H21NO3. The molecule has 0 aromatic heterocycles. The van der Waals surface area contributed by atoms with Crippen molar-refractivity contribution < 1.29 is 14.3 Å². The Bertz CT molecular complexity index is 394. The van der Waals surface area contributed by atoms with Gasteiger partial charge in [0.2, 0.25) is 0 Å². The van der Waals surface area contributed by atoms with Gasteiger partial charge in [-0.15, -0.1) is 0 Å². The highest BCUT2D eigenvalue weighted by Gasteiger charge is 2.27. The molecule has 2 rings (SSSR count). The van der Waals surface area contributed by atoms with Crippen LogP contribution in [0.1, 0.15) is 18.9 Å². The molecule has 1 heterocycles. The third-order valence-corrected chi connectivity index (χ3v) is 3.11. The number of ether oxygens (including phenoxy) is 2. The summed E-state index contributed by atoms with van der Waals surface area (Å²) in [5, 5.41) is 0. The maximum atomic E-state index is 11.8. The van der Waals surface area contributed by atoms with Gasteiger partial charge < -0.3 is 9.47 Å². The highest BCUT2D eigenvalue weighted by atomic mass is 16.6. The van der Waals surface area contributed by atoms with Crippen molar-refractivity contribution in [2.45, 2.75) is 26.0 Å². The van der Waals surface area contributed by atoms with Crippen LogP contribution in [0.4, 0.5) is 0 Å². The van der Waals surface area contributed by atoms with Crippen LogP contribution in [0.25, 0.3) is 0 Å². The van der Waals surface area contributed by atoms with E-state index in [-0.39, 0.29) is 5.97 Å². The number of carbonyl (C=O) groups is 1. The molecule has 0 amide bonds. The minimum atomic E-state index is -0.441. The van der Waals surface area contributed by atoms with Crippen LogP contribution >= 0.6 is 0 Å². The number of hydrogen-bond acceptors (Lipinski definition) is 4. The fourth-order valence-corrected chi connectivity index (χ4v) is 2.13. The molecule has 0 bridgehead atoms. The van der Waals surface area contributed by atoms with E-state index in [1.165, 1.54) is 5.56 Å². The molecule has 1 aliphatic heterocycles. The Labute approximate surface area is 114 Å². The number of rotatable bonds is 5. The third-order valence-electron chi connectivity index (χ3n) is 3.11. The maximum absolute atomic E-state index is 11.8. The first kappa shape index (κ1) is 14.0. The summed E-state index contributed by atoms with van der Waals surface area (Å²) in [6.07, 6.45) is 0.399. The van der Waals surface area contributed by atoms with E-state index in [1.54, 1.807) is 0 Å². The SMILES string of the molecule is CCCOC(=O)C1CN(Cc2ccccc2)CCO1. The van der Waals surface area contributed by atoms with Crippen molar-refractivity contribution in [3.63, 3.8) is 0 Å². The Morgan fingerprint density at radius 2 is 2.21 bits per heavy atom. The minimum Gasteiger partial charge on any atom is -0.464 e. The van der Waals surface area contributed by atoms with Crippen molar-refractivity contribution >= 4 is 5.97 Å². The lowest BCUT2D eigenvalue weighted by atomic mass is 10.2. The molecule has 1 fully saturated rings. The van der Waals surface area contributed by atoms with Crippen LogP contribution in [0.2, 0.25) is 0 Å². The smallest absolute Gasteiger partial charge is 0.336 e. The molecule has 0 radical (unpaired) electrons. The van der Waals surface area contributed by atoms with Crippen molar-refractivity contribution in [2.24, 2.45) is 0 Å². The van der Waals surface area contributed by atoms with Crippen molar-refractivity contribution in [1.29, 1.82) is 0 Å². The third kappa shape index (κ3) is 4.33. The molecule has 1 unspecified atom stereocenters. The largest absolute Gasteiger partial charge is 0.464 e. The van der Waals surface area contributed by atoms with Gasteiger partial charge in [-0.2, -0.15) is 0 Å². The number of nitrogens with zero attached hydrogens (tertiary/aromatic N) is 1. The van der Waals surface area contributed by atoms with Crippen LogP contribution in [0, 0.1) is 0 Å². The molecule has 1 saturated heterocycles. The van der Waals surface area contributed by atoms with Gasteiger partial charge in [-0.05, 0) is 12.0 Å². The minimum absolute atomic E-state index is 0.236. The number of carbonyl (C=O) groups excluding carboxylic acids is 1. The average Bonchev–Trinajstić information content (AvgIpc) is 2.46. The zero-order chi connectivity index (χ0) is 13.5. The Morgan fingerprint density at radius 1 is 1.42 bits per heavy atom. The number of benzene rings is 1. The van der Waals surface area contributed by atoms with E-state index in [0.29, 0.717) is 19.8 Å². The summed E-state index contributed by atoms with van der Waals surface area (Å²) in [5.74, 6) is -0.236. The highest BCUT2D eigenvalue weighted by Crippen LogP contribution is 2.11. The monoisotopic (exact) mass is 263 g/mol. The normalized spacial score (nSPS) is 20.2. The van der Waals surface area contributed by atoms with E-state index in [9.17, 15) is 4.79 Å². The fourth-order valence-electron chi connectivity index (χ4n) is 2.13. The van der Waals surface area contributed by atoms with Gasteiger partial charge in [0.15, 0.2) is 6.10 Å². The standard InChI is InChI=1S/C15H21NO3/c1-2-9-19-15(17)14-12-16(8-10-18-14)11-13-6-4-3-5-7-13/h3-7,14H,2,8-12H2,1H3. The van der Waals surface area contributed by atoms with E-state index in [1.807, 2.05) is 25.1 Å². The zero-order valence-electron chi connectivity index (χ0n) is 11.4. The first-order valence-electron chi connectivity index (χ1n) is 6.84. The quantitative estimate of drug-likeness (QED) is 0.760. The number of hydrogen-bond donors (Lipinski definition) is 0. The van der Waals surface area contributed by atoms with Crippen molar-refractivity contribution in [2.75, 3.05) is 26.3 Å². The Hall–Kier alpha value is -1.39. The van der Waals surface area contributed by atoms with Crippen LogP contribution in [0.3, 0.4) is 0 Å². The Balaban J connectivity index is 1.85. The molecule has 0 saturated carbocycles. The summed E-state index contributed by atoms with van der Waals surface area (Å²) in [6, 6.07) is 10.3. The van der Waals surface area contributed by atoms with Crippen LogP contribution in [0.5, 0.6) is 0 Å². The second-order valence-electron chi connectivity index (χ2n) is 4.75. The van der Waals surface area contributed by atoms with E-state index in [2.05, 4.69) is 17.0 Å². The number of esters is 1. The van der Waals surface area contributed by atoms with Gasteiger partial charge >= 0.3 is 5.97 Å². The van der Waals surface area contributed by atoms with Gasteiger partial charge in [0.1, 0.15) is 0 Å².